The molecule has 4 nitrogen and oxygen atoms in total. The molecule has 2 aliphatic heterocycles. The van der Waals surface area contributed by atoms with Crippen LogP contribution in [0.3, 0.4) is 0 Å². The second-order valence-corrected chi connectivity index (χ2v) is 5.73. The van der Waals surface area contributed by atoms with Crippen molar-refractivity contribution in [1.82, 2.24) is 5.32 Å². The maximum absolute atomic E-state index is 12.2. The van der Waals surface area contributed by atoms with E-state index in [2.05, 4.69) is 19.2 Å². The number of nitrogens with one attached hydrogen (secondary N) is 1. The second-order valence-electron chi connectivity index (χ2n) is 5.73. The molecule has 1 atom stereocenters. The zero-order chi connectivity index (χ0) is 12.3. The lowest BCUT2D eigenvalue weighted by Gasteiger charge is -2.38. The van der Waals surface area contributed by atoms with Gasteiger partial charge in [-0.2, -0.15) is 0 Å². The van der Waals surface area contributed by atoms with E-state index in [9.17, 15) is 4.79 Å². The van der Waals surface area contributed by atoms with Gasteiger partial charge in [-0.25, -0.2) is 0 Å². The van der Waals surface area contributed by atoms with Crippen LogP contribution in [0.1, 0.15) is 39.5 Å². The first kappa shape index (κ1) is 12.8. The molecule has 17 heavy (non-hydrogen) atoms. The molecule has 4 heteroatoms. The number of hydrogen-bond donors (Lipinski definition) is 1. The number of ether oxygens (including phenoxy) is 2. The third-order valence-corrected chi connectivity index (χ3v) is 3.81. The maximum Gasteiger partial charge on any atom is 0.323 e. The fourth-order valence-electron chi connectivity index (χ4n) is 2.64. The summed E-state index contributed by atoms with van der Waals surface area (Å²) in [7, 11) is 0. The van der Waals surface area contributed by atoms with Gasteiger partial charge in [-0.3, -0.25) is 4.79 Å². The fraction of sp³-hybridized carbons (Fsp3) is 0.923. The van der Waals surface area contributed by atoms with E-state index in [0.717, 1.165) is 32.2 Å². The average molecular weight is 241 g/mol. The molecule has 98 valence electrons. The van der Waals surface area contributed by atoms with E-state index in [4.69, 9.17) is 9.47 Å². The lowest BCUT2D eigenvalue weighted by atomic mass is 9.77. The molecule has 0 spiro atoms. The van der Waals surface area contributed by atoms with E-state index in [-0.39, 0.29) is 23.5 Å². The topological polar surface area (TPSA) is 47.6 Å². The molecule has 2 fully saturated rings. The van der Waals surface area contributed by atoms with Gasteiger partial charge in [-0.05, 0) is 24.8 Å². The zero-order valence-corrected chi connectivity index (χ0v) is 10.8. The van der Waals surface area contributed by atoms with Crippen LogP contribution >= 0.6 is 0 Å². The minimum Gasteiger partial charge on any atom is -0.461 e. The van der Waals surface area contributed by atoms with Crippen molar-refractivity contribution in [3.63, 3.8) is 0 Å². The van der Waals surface area contributed by atoms with Gasteiger partial charge in [-0.1, -0.05) is 13.8 Å². The molecule has 0 aliphatic carbocycles. The first-order chi connectivity index (χ1) is 8.09. The van der Waals surface area contributed by atoms with Crippen LogP contribution in [0.5, 0.6) is 0 Å². The van der Waals surface area contributed by atoms with Gasteiger partial charge >= 0.3 is 5.97 Å². The van der Waals surface area contributed by atoms with Crippen LogP contribution in [-0.4, -0.2) is 37.9 Å². The lowest BCUT2D eigenvalue weighted by Crippen LogP contribution is -2.53. The quantitative estimate of drug-likeness (QED) is 0.744. The number of piperidine rings is 1. The molecule has 0 aromatic heterocycles. The van der Waals surface area contributed by atoms with Gasteiger partial charge in [0.25, 0.3) is 0 Å². The minimum absolute atomic E-state index is 0.000496. The Bertz CT molecular complexity index is 272. The molecule has 0 amide bonds. The van der Waals surface area contributed by atoms with E-state index in [0.29, 0.717) is 13.2 Å². The number of rotatable bonds is 2. The first-order valence-corrected chi connectivity index (χ1v) is 6.61. The van der Waals surface area contributed by atoms with Crippen molar-refractivity contribution in [3.05, 3.63) is 0 Å². The molecule has 1 N–H and O–H groups in total. The van der Waals surface area contributed by atoms with Crippen molar-refractivity contribution < 1.29 is 14.3 Å². The molecule has 2 heterocycles. The number of hydrogen-bond acceptors (Lipinski definition) is 4. The van der Waals surface area contributed by atoms with Crippen molar-refractivity contribution in [3.8, 4) is 0 Å². The SMILES string of the molecule is CC1(C)CCCNC1C(=O)OC1CCOCC1. The Labute approximate surface area is 103 Å². The molecular formula is C13H23NO3. The Hall–Kier alpha value is -0.610. The van der Waals surface area contributed by atoms with Crippen LogP contribution in [0.25, 0.3) is 0 Å². The van der Waals surface area contributed by atoms with Crippen LogP contribution in [0.4, 0.5) is 0 Å². The van der Waals surface area contributed by atoms with Crippen LogP contribution < -0.4 is 5.32 Å². The van der Waals surface area contributed by atoms with Crippen LogP contribution in [0.2, 0.25) is 0 Å². The van der Waals surface area contributed by atoms with Gasteiger partial charge in [0.2, 0.25) is 0 Å². The third-order valence-electron chi connectivity index (χ3n) is 3.81. The molecule has 0 aromatic carbocycles. The lowest BCUT2D eigenvalue weighted by molar-refractivity contribution is -0.159. The molecule has 0 saturated carbocycles. The molecule has 2 aliphatic rings. The molecule has 2 rings (SSSR count). The predicted molar refractivity (Wildman–Crippen MR) is 64.7 cm³/mol. The van der Waals surface area contributed by atoms with Crippen molar-refractivity contribution in [2.75, 3.05) is 19.8 Å². The van der Waals surface area contributed by atoms with E-state index in [1.807, 2.05) is 0 Å². The molecule has 0 radical (unpaired) electrons. The van der Waals surface area contributed by atoms with Crippen LogP contribution in [0, 0.1) is 5.41 Å². The molecule has 2 saturated heterocycles. The summed E-state index contributed by atoms with van der Waals surface area (Å²) in [6.07, 6.45) is 3.93. The van der Waals surface area contributed by atoms with Gasteiger partial charge in [0.05, 0.1) is 13.2 Å². The molecule has 1 unspecified atom stereocenters. The van der Waals surface area contributed by atoms with Gasteiger partial charge in [-0.15, -0.1) is 0 Å². The third kappa shape index (κ3) is 3.19. The minimum atomic E-state index is -0.154. The van der Waals surface area contributed by atoms with Crippen molar-refractivity contribution >= 4 is 5.97 Å². The van der Waals surface area contributed by atoms with Crippen molar-refractivity contribution in [1.29, 1.82) is 0 Å². The van der Waals surface area contributed by atoms with E-state index in [1.165, 1.54) is 0 Å². The Balaban J connectivity index is 1.89. The Morgan fingerprint density at radius 2 is 2.06 bits per heavy atom. The van der Waals surface area contributed by atoms with Gasteiger partial charge < -0.3 is 14.8 Å². The summed E-state index contributed by atoms with van der Waals surface area (Å²) in [6.45, 7) is 6.60. The smallest absolute Gasteiger partial charge is 0.323 e. The second kappa shape index (κ2) is 5.36. The molecule has 0 aromatic rings. The highest BCUT2D eigenvalue weighted by molar-refractivity contribution is 5.77. The van der Waals surface area contributed by atoms with Crippen molar-refractivity contribution in [2.45, 2.75) is 51.7 Å². The first-order valence-electron chi connectivity index (χ1n) is 6.61. The summed E-state index contributed by atoms with van der Waals surface area (Å²) in [5.41, 5.74) is 0.000496. The summed E-state index contributed by atoms with van der Waals surface area (Å²) in [4.78, 5) is 12.2. The van der Waals surface area contributed by atoms with Gasteiger partial charge in [0.15, 0.2) is 0 Å². The van der Waals surface area contributed by atoms with Gasteiger partial charge in [0.1, 0.15) is 12.1 Å². The predicted octanol–water partition coefficient (Wildman–Crippen LogP) is 1.49. The number of carbonyl (C=O) groups is 1. The normalized spacial score (nSPS) is 29.9. The Morgan fingerprint density at radius 3 is 2.71 bits per heavy atom. The Kier molecular flexibility index (Phi) is 4.05. The average Bonchev–Trinajstić information content (AvgIpc) is 2.29. The van der Waals surface area contributed by atoms with Crippen molar-refractivity contribution in [2.24, 2.45) is 5.41 Å². The monoisotopic (exact) mass is 241 g/mol. The summed E-state index contributed by atoms with van der Waals surface area (Å²) in [5, 5.41) is 3.29. The highest BCUT2D eigenvalue weighted by Gasteiger charge is 2.39. The summed E-state index contributed by atoms with van der Waals surface area (Å²) >= 11 is 0. The largest absolute Gasteiger partial charge is 0.461 e. The highest BCUT2D eigenvalue weighted by atomic mass is 16.6. The highest BCUT2D eigenvalue weighted by Crippen LogP contribution is 2.31. The van der Waals surface area contributed by atoms with Gasteiger partial charge in [0, 0.05) is 12.8 Å². The fourth-order valence-corrected chi connectivity index (χ4v) is 2.64. The molecular weight excluding hydrogens is 218 g/mol. The van der Waals surface area contributed by atoms with Crippen LogP contribution in [0.15, 0.2) is 0 Å². The van der Waals surface area contributed by atoms with E-state index < -0.39 is 0 Å². The summed E-state index contributed by atoms with van der Waals surface area (Å²) < 4.78 is 10.8. The van der Waals surface area contributed by atoms with E-state index >= 15 is 0 Å². The maximum atomic E-state index is 12.2. The number of esters is 1. The zero-order valence-electron chi connectivity index (χ0n) is 10.8. The van der Waals surface area contributed by atoms with E-state index in [1.54, 1.807) is 0 Å². The number of carbonyl (C=O) groups excluding carboxylic acids is 1. The Morgan fingerprint density at radius 1 is 1.35 bits per heavy atom. The standard InChI is InChI=1S/C13H23NO3/c1-13(2)6-3-7-14-11(13)12(15)17-10-4-8-16-9-5-10/h10-11,14H,3-9H2,1-2H3. The molecule has 0 bridgehead atoms. The van der Waals surface area contributed by atoms with Crippen LogP contribution in [-0.2, 0) is 14.3 Å². The summed E-state index contributed by atoms with van der Waals surface area (Å²) in [5.74, 6) is -0.0819. The summed E-state index contributed by atoms with van der Waals surface area (Å²) in [6, 6.07) is -0.154.